The Balaban J connectivity index is 1.43. The summed E-state index contributed by atoms with van der Waals surface area (Å²) in [5.41, 5.74) is 0. The van der Waals surface area contributed by atoms with Gasteiger partial charge in [0.15, 0.2) is 0 Å². The van der Waals surface area contributed by atoms with Crippen LogP contribution in [-0.4, -0.2) is 0 Å². The van der Waals surface area contributed by atoms with Crippen LogP contribution in [0.2, 0.25) is 0 Å². The Morgan fingerprint density at radius 2 is 1.61 bits per heavy atom. The molecule has 0 nitrogen and oxygen atoms in total. The molecule has 0 heterocycles. The average molecular weight is 246 g/mol. The molecule has 102 valence electrons. The molecule has 18 heavy (non-hydrogen) atoms. The van der Waals surface area contributed by atoms with Gasteiger partial charge in [-0.25, -0.2) is 0 Å². The molecule has 4 aliphatic carbocycles. The first-order chi connectivity index (χ1) is 8.74. The van der Waals surface area contributed by atoms with Gasteiger partial charge in [0.25, 0.3) is 0 Å². The molecule has 0 radical (unpaired) electrons. The molecule has 0 aliphatic heterocycles. The van der Waals surface area contributed by atoms with E-state index >= 15 is 0 Å². The van der Waals surface area contributed by atoms with Gasteiger partial charge in [0.1, 0.15) is 0 Å². The molecule has 4 rings (SSSR count). The fourth-order valence-corrected chi connectivity index (χ4v) is 6.77. The van der Waals surface area contributed by atoms with E-state index in [9.17, 15) is 0 Å². The van der Waals surface area contributed by atoms with Crippen molar-refractivity contribution in [3.05, 3.63) is 0 Å². The minimum Gasteiger partial charge on any atom is -0.0620 e. The summed E-state index contributed by atoms with van der Waals surface area (Å²) in [7, 11) is 0. The number of hydrogen-bond acceptors (Lipinski definition) is 0. The Kier molecular flexibility index (Phi) is 2.79. The third kappa shape index (κ3) is 1.63. The molecule has 0 aromatic heterocycles. The second-order valence-electron chi connectivity index (χ2n) is 8.30. The van der Waals surface area contributed by atoms with Crippen molar-refractivity contribution in [1.82, 2.24) is 0 Å². The highest BCUT2D eigenvalue weighted by atomic mass is 14.5. The highest BCUT2D eigenvalue weighted by molar-refractivity contribution is 4.98. The zero-order valence-corrected chi connectivity index (χ0v) is 12.3. The summed E-state index contributed by atoms with van der Waals surface area (Å²) in [6.45, 7) is 5.17. The normalized spacial score (nSPS) is 58.3. The van der Waals surface area contributed by atoms with Gasteiger partial charge in [-0.2, -0.15) is 0 Å². The molecule has 4 fully saturated rings. The molecule has 0 spiro atoms. The van der Waals surface area contributed by atoms with E-state index < -0.39 is 0 Å². The fraction of sp³-hybridized carbons (Fsp3) is 1.00. The third-order valence-corrected chi connectivity index (χ3v) is 7.86. The van der Waals surface area contributed by atoms with Gasteiger partial charge in [-0.3, -0.25) is 0 Å². The number of hydrogen-bond donors (Lipinski definition) is 0. The molecule has 0 saturated heterocycles. The minimum absolute atomic E-state index is 1.06. The Morgan fingerprint density at radius 3 is 2.33 bits per heavy atom. The van der Waals surface area contributed by atoms with Crippen LogP contribution in [0, 0.1) is 47.3 Å². The van der Waals surface area contributed by atoms with Crippen molar-refractivity contribution in [2.75, 3.05) is 0 Å². The lowest BCUT2D eigenvalue weighted by Gasteiger charge is -2.32. The summed E-state index contributed by atoms with van der Waals surface area (Å²) in [5.74, 6) is 8.87. The second-order valence-corrected chi connectivity index (χ2v) is 8.30. The van der Waals surface area contributed by atoms with Gasteiger partial charge in [-0.1, -0.05) is 26.7 Å². The van der Waals surface area contributed by atoms with E-state index in [-0.39, 0.29) is 0 Å². The zero-order chi connectivity index (χ0) is 12.3. The zero-order valence-electron chi connectivity index (χ0n) is 12.3. The molecule has 0 aromatic rings. The van der Waals surface area contributed by atoms with E-state index in [0.29, 0.717) is 0 Å². The molecule has 4 saturated carbocycles. The van der Waals surface area contributed by atoms with Gasteiger partial charge in [-0.05, 0) is 85.9 Å². The Hall–Kier alpha value is 0. The molecule has 8 unspecified atom stereocenters. The smallest absolute Gasteiger partial charge is 0.0355 e. The molecule has 4 aliphatic rings. The largest absolute Gasteiger partial charge is 0.0620 e. The lowest BCUT2D eigenvalue weighted by Crippen LogP contribution is -2.24. The quantitative estimate of drug-likeness (QED) is 0.633. The molecule has 8 atom stereocenters. The van der Waals surface area contributed by atoms with Gasteiger partial charge in [-0.15, -0.1) is 0 Å². The van der Waals surface area contributed by atoms with Crippen LogP contribution in [0.1, 0.15) is 65.2 Å². The van der Waals surface area contributed by atoms with Gasteiger partial charge in [0.05, 0.1) is 0 Å². The van der Waals surface area contributed by atoms with E-state index in [4.69, 9.17) is 0 Å². The van der Waals surface area contributed by atoms with Crippen molar-refractivity contribution >= 4 is 0 Å². The van der Waals surface area contributed by atoms with Crippen LogP contribution >= 0.6 is 0 Å². The summed E-state index contributed by atoms with van der Waals surface area (Å²) in [6.07, 6.45) is 12.6. The lowest BCUT2D eigenvalue weighted by atomic mass is 9.73. The molecule has 0 heteroatoms. The molecular formula is C18H30. The average Bonchev–Trinajstić information content (AvgIpc) is 3.07. The maximum atomic E-state index is 2.60. The van der Waals surface area contributed by atoms with Crippen molar-refractivity contribution in [2.24, 2.45) is 47.3 Å². The minimum atomic E-state index is 1.06. The molecule has 0 N–H and O–H groups in total. The second kappa shape index (κ2) is 4.25. The number of fused-ring (bicyclic) bond motifs is 3. The standard InChI is InChI=1S/C18H30/c1-11-13-6-7-15(8-13)18(11)10-16-9-14-4-3-5-17(14)12(16)2/h11-18H,3-10H2,1-2H3. The first kappa shape index (κ1) is 11.8. The van der Waals surface area contributed by atoms with Crippen molar-refractivity contribution in [1.29, 1.82) is 0 Å². The first-order valence-electron chi connectivity index (χ1n) is 8.74. The predicted octanol–water partition coefficient (Wildman–Crippen LogP) is 5.13. The summed E-state index contributed by atoms with van der Waals surface area (Å²) >= 11 is 0. The van der Waals surface area contributed by atoms with Crippen LogP contribution < -0.4 is 0 Å². The Bertz CT molecular complexity index is 318. The predicted molar refractivity (Wildman–Crippen MR) is 76.2 cm³/mol. The first-order valence-corrected chi connectivity index (χ1v) is 8.74. The van der Waals surface area contributed by atoms with E-state index in [1.165, 1.54) is 6.42 Å². The summed E-state index contributed by atoms with van der Waals surface area (Å²) in [4.78, 5) is 0. The summed E-state index contributed by atoms with van der Waals surface area (Å²) < 4.78 is 0. The molecule has 0 aromatic carbocycles. The van der Waals surface area contributed by atoms with Gasteiger partial charge < -0.3 is 0 Å². The van der Waals surface area contributed by atoms with Crippen molar-refractivity contribution < 1.29 is 0 Å². The molecule has 2 bridgehead atoms. The maximum absolute atomic E-state index is 2.60. The van der Waals surface area contributed by atoms with Gasteiger partial charge >= 0.3 is 0 Å². The topological polar surface area (TPSA) is 0 Å². The van der Waals surface area contributed by atoms with E-state index in [2.05, 4.69) is 13.8 Å². The highest BCUT2D eigenvalue weighted by Gasteiger charge is 2.49. The van der Waals surface area contributed by atoms with Crippen LogP contribution in [0.25, 0.3) is 0 Å². The van der Waals surface area contributed by atoms with Crippen LogP contribution in [-0.2, 0) is 0 Å². The van der Waals surface area contributed by atoms with E-state index in [1.54, 1.807) is 44.9 Å². The fourth-order valence-electron chi connectivity index (χ4n) is 6.77. The Labute approximate surface area is 113 Å². The maximum Gasteiger partial charge on any atom is -0.0355 e. The summed E-state index contributed by atoms with van der Waals surface area (Å²) in [6, 6.07) is 0. The SMILES string of the molecule is CC1C(CC2C3CCC(C3)C2C)CC2CCCC21. The Morgan fingerprint density at radius 1 is 0.778 bits per heavy atom. The van der Waals surface area contributed by atoms with E-state index in [0.717, 1.165) is 47.3 Å². The molecule has 0 amide bonds. The van der Waals surface area contributed by atoms with Crippen molar-refractivity contribution in [3.63, 3.8) is 0 Å². The van der Waals surface area contributed by atoms with Crippen LogP contribution in [0.4, 0.5) is 0 Å². The van der Waals surface area contributed by atoms with Gasteiger partial charge in [0.2, 0.25) is 0 Å². The van der Waals surface area contributed by atoms with Crippen LogP contribution in [0.3, 0.4) is 0 Å². The lowest BCUT2D eigenvalue weighted by molar-refractivity contribution is 0.174. The monoisotopic (exact) mass is 246 g/mol. The third-order valence-electron chi connectivity index (χ3n) is 7.86. The highest BCUT2D eigenvalue weighted by Crippen LogP contribution is 2.58. The molecular weight excluding hydrogens is 216 g/mol. The van der Waals surface area contributed by atoms with Crippen molar-refractivity contribution in [3.8, 4) is 0 Å². The van der Waals surface area contributed by atoms with E-state index in [1.807, 2.05) is 0 Å². The van der Waals surface area contributed by atoms with Crippen LogP contribution in [0.5, 0.6) is 0 Å². The summed E-state index contributed by atoms with van der Waals surface area (Å²) in [5, 5.41) is 0. The van der Waals surface area contributed by atoms with Gasteiger partial charge in [0, 0.05) is 0 Å². The number of rotatable bonds is 2. The van der Waals surface area contributed by atoms with Crippen molar-refractivity contribution in [2.45, 2.75) is 65.2 Å². The van der Waals surface area contributed by atoms with Crippen LogP contribution in [0.15, 0.2) is 0 Å².